The second-order valence-electron chi connectivity index (χ2n) is 5.74. The number of rotatable bonds is 5. The van der Waals surface area contributed by atoms with Crippen LogP contribution in [0.15, 0.2) is 35.2 Å². The summed E-state index contributed by atoms with van der Waals surface area (Å²) >= 11 is -0.136. The fourth-order valence-corrected chi connectivity index (χ4v) is 2.11. The molecule has 0 bridgehead atoms. The number of alkyl halides is 3. The largest absolute Gasteiger partial charge is 0.446 e. The number of carbonyl (C=O) groups is 1. The van der Waals surface area contributed by atoms with Crippen molar-refractivity contribution in [2.45, 2.75) is 43.2 Å². The molecule has 7 heteroatoms. The summed E-state index contributed by atoms with van der Waals surface area (Å²) in [4.78, 5) is 11.5. The van der Waals surface area contributed by atoms with Gasteiger partial charge in [-0.3, -0.25) is 0 Å². The summed E-state index contributed by atoms with van der Waals surface area (Å²) in [6, 6.07) is 6.09. The minimum Gasteiger partial charge on any atom is -0.444 e. The summed E-state index contributed by atoms with van der Waals surface area (Å²) in [6.07, 6.45) is 3.75. The molecule has 0 saturated carbocycles. The van der Waals surface area contributed by atoms with Crippen LogP contribution in [0.1, 0.15) is 32.8 Å². The van der Waals surface area contributed by atoms with Crippen LogP contribution in [0.3, 0.4) is 0 Å². The van der Waals surface area contributed by atoms with E-state index in [0.717, 1.165) is 5.56 Å². The van der Waals surface area contributed by atoms with Crippen LogP contribution in [0, 0.1) is 0 Å². The van der Waals surface area contributed by atoms with E-state index in [1.165, 1.54) is 12.1 Å². The Morgan fingerprint density at radius 2 is 1.83 bits per heavy atom. The molecule has 0 aliphatic heterocycles. The predicted octanol–water partition coefficient (Wildman–Crippen LogP) is 5.23. The Kier molecular flexibility index (Phi) is 7.00. The van der Waals surface area contributed by atoms with Crippen LogP contribution in [0.4, 0.5) is 18.0 Å². The van der Waals surface area contributed by atoms with Crippen LogP contribution in [-0.2, 0) is 4.74 Å². The number of nitrogens with one attached hydrogen (secondary N) is 1. The molecule has 0 saturated heterocycles. The van der Waals surface area contributed by atoms with Crippen LogP contribution in [0.5, 0.6) is 0 Å². The molecule has 128 valence electrons. The molecule has 0 aromatic heterocycles. The Morgan fingerprint density at radius 1 is 1.22 bits per heavy atom. The van der Waals surface area contributed by atoms with E-state index in [1.807, 2.05) is 6.08 Å². The smallest absolute Gasteiger partial charge is 0.444 e. The normalized spacial score (nSPS) is 12.4. The lowest BCUT2D eigenvalue weighted by Gasteiger charge is -2.19. The Morgan fingerprint density at radius 3 is 2.35 bits per heavy atom. The monoisotopic (exact) mass is 347 g/mol. The van der Waals surface area contributed by atoms with E-state index in [0.29, 0.717) is 13.0 Å². The predicted molar refractivity (Wildman–Crippen MR) is 86.2 cm³/mol. The summed E-state index contributed by atoms with van der Waals surface area (Å²) in [7, 11) is 0. The number of alkyl carbamates (subject to hydrolysis) is 1. The van der Waals surface area contributed by atoms with Crippen molar-refractivity contribution < 1.29 is 22.7 Å². The van der Waals surface area contributed by atoms with Gasteiger partial charge < -0.3 is 10.1 Å². The van der Waals surface area contributed by atoms with Crippen molar-refractivity contribution in [3.63, 3.8) is 0 Å². The molecular formula is C16H20F3NO2S. The van der Waals surface area contributed by atoms with E-state index in [2.05, 4.69) is 5.32 Å². The highest BCUT2D eigenvalue weighted by molar-refractivity contribution is 8.00. The average molecular weight is 347 g/mol. The molecule has 1 rings (SSSR count). The van der Waals surface area contributed by atoms with E-state index in [1.54, 1.807) is 39.0 Å². The zero-order chi connectivity index (χ0) is 17.5. The van der Waals surface area contributed by atoms with Gasteiger partial charge in [-0.15, -0.1) is 0 Å². The highest BCUT2D eigenvalue weighted by atomic mass is 32.2. The standard InChI is InChI=1S/C16H20F3NO2S/c1-15(2,3)22-14(21)20-11-5-4-6-12-7-9-13(10-8-12)23-16(17,18)19/h4,6-10H,5,11H2,1-3H3,(H,20,21). The highest BCUT2D eigenvalue weighted by Crippen LogP contribution is 2.36. The summed E-state index contributed by atoms with van der Waals surface area (Å²) in [5, 5.41) is 2.62. The zero-order valence-electron chi connectivity index (χ0n) is 13.2. The van der Waals surface area contributed by atoms with Crippen molar-refractivity contribution in [2.24, 2.45) is 0 Å². The maximum Gasteiger partial charge on any atom is 0.446 e. The lowest BCUT2D eigenvalue weighted by molar-refractivity contribution is -0.0328. The number of halogens is 3. The summed E-state index contributed by atoms with van der Waals surface area (Å²) < 4.78 is 41.7. The van der Waals surface area contributed by atoms with Gasteiger partial charge in [0.25, 0.3) is 0 Å². The number of hydrogen-bond acceptors (Lipinski definition) is 3. The molecule has 0 spiro atoms. The first kappa shape index (κ1) is 19.4. The van der Waals surface area contributed by atoms with Crippen LogP contribution in [0.2, 0.25) is 0 Å². The molecule has 0 atom stereocenters. The lowest BCUT2D eigenvalue weighted by Crippen LogP contribution is -2.32. The third kappa shape index (κ3) is 9.89. The number of thioether (sulfide) groups is 1. The van der Waals surface area contributed by atoms with Gasteiger partial charge in [0, 0.05) is 11.4 Å². The van der Waals surface area contributed by atoms with Gasteiger partial charge >= 0.3 is 11.6 Å². The van der Waals surface area contributed by atoms with Crippen LogP contribution in [0.25, 0.3) is 6.08 Å². The maximum atomic E-state index is 12.2. The van der Waals surface area contributed by atoms with Crippen molar-refractivity contribution >= 4 is 23.9 Å². The van der Waals surface area contributed by atoms with E-state index < -0.39 is 17.2 Å². The minimum absolute atomic E-state index is 0.136. The molecular weight excluding hydrogens is 327 g/mol. The molecule has 0 fully saturated rings. The molecule has 0 unspecified atom stereocenters. The fraction of sp³-hybridized carbons (Fsp3) is 0.438. The number of amides is 1. The Balaban J connectivity index is 2.34. The molecule has 23 heavy (non-hydrogen) atoms. The Hall–Kier alpha value is -1.63. The molecule has 0 heterocycles. The van der Waals surface area contributed by atoms with Gasteiger partial charge in [0.05, 0.1) is 0 Å². The van der Waals surface area contributed by atoms with Crippen molar-refractivity contribution in [1.29, 1.82) is 0 Å². The second-order valence-corrected chi connectivity index (χ2v) is 6.87. The SMILES string of the molecule is CC(C)(C)OC(=O)NCCC=Cc1ccc(SC(F)(F)F)cc1. The third-order valence-corrected chi connectivity index (χ3v) is 3.14. The number of ether oxygens (including phenoxy) is 1. The van der Waals surface area contributed by atoms with Gasteiger partial charge in [-0.2, -0.15) is 13.2 Å². The van der Waals surface area contributed by atoms with Crippen molar-refractivity contribution in [1.82, 2.24) is 5.32 Å². The first-order chi connectivity index (χ1) is 10.6. The second kappa shape index (κ2) is 8.29. The van der Waals surface area contributed by atoms with Gasteiger partial charge in [-0.05, 0) is 56.7 Å². The summed E-state index contributed by atoms with van der Waals surface area (Å²) in [6.45, 7) is 5.78. The van der Waals surface area contributed by atoms with Crippen molar-refractivity contribution in [2.75, 3.05) is 6.54 Å². The van der Waals surface area contributed by atoms with Crippen molar-refractivity contribution in [3.8, 4) is 0 Å². The summed E-state index contributed by atoms with van der Waals surface area (Å²) in [5.74, 6) is 0. The van der Waals surface area contributed by atoms with Gasteiger partial charge in [0.1, 0.15) is 5.60 Å². The molecule has 3 nitrogen and oxygen atoms in total. The van der Waals surface area contributed by atoms with E-state index in [9.17, 15) is 18.0 Å². The topological polar surface area (TPSA) is 38.3 Å². The number of hydrogen-bond donors (Lipinski definition) is 1. The Bertz CT molecular complexity index is 534. The molecule has 0 aliphatic carbocycles. The quantitative estimate of drug-likeness (QED) is 0.586. The van der Waals surface area contributed by atoms with E-state index in [4.69, 9.17) is 4.74 Å². The number of carbonyl (C=O) groups excluding carboxylic acids is 1. The van der Waals surface area contributed by atoms with Crippen LogP contribution in [-0.4, -0.2) is 23.7 Å². The molecule has 0 radical (unpaired) electrons. The molecule has 0 aliphatic rings. The molecule has 1 aromatic carbocycles. The van der Waals surface area contributed by atoms with Gasteiger partial charge in [-0.1, -0.05) is 24.3 Å². The average Bonchev–Trinajstić information content (AvgIpc) is 2.36. The van der Waals surface area contributed by atoms with Gasteiger partial charge in [-0.25, -0.2) is 4.79 Å². The minimum atomic E-state index is -4.27. The van der Waals surface area contributed by atoms with Gasteiger partial charge in [0.15, 0.2) is 0 Å². The molecule has 1 aromatic rings. The fourth-order valence-electron chi connectivity index (χ4n) is 1.57. The van der Waals surface area contributed by atoms with E-state index >= 15 is 0 Å². The lowest BCUT2D eigenvalue weighted by atomic mass is 10.2. The van der Waals surface area contributed by atoms with Gasteiger partial charge in [0.2, 0.25) is 0 Å². The molecule has 1 N–H and O–H groups in total. The number of benzene rings is 1. The van der Waals surface area contributed by atoms with Crippen LogP contribution >= 0.6 is 11.8 Å². The molecule has 1 amide bonds. The Labute approximate surface area is 138 Å². The first-order valence-corrected chi connectivity index (χ1v) is 7.86. The zero-order valence-corrected chi connectivity index (χ0v) is 14.1. The summed E-state index contributed by atoms with van der Waals surface area (Å²) in [5.41, 5.74) is -4.00. The van der Waals surface area contributed by atoms with Crippen molar-refractivity contribution in [3.05, 3.63) is 35.9 Å². The first-order valence-electron chi connectivity index (χ1n) is 7.04. The maximum absolute atomic E-state index is 12.2. The van der Waals surface area contributed by atoms with Crippen LogP contribution < -0.4 is 5.32 Å². The van der Waals surface area contributed by atoms with E-state index in [-0.39, 0.29) is 16.7 Å². The highest BCUT2D eigenvalue weighted by Gasteiger charge is 2.28. The third-order valence-electron chi connectivity index (χ3n) is 2.40.